The van der Waals surface area contributed by atoms with Crippen molar-refractivity contribution in [2.75, 3.05) is 0 Å². The molecule has 3 N–H and O–H groups in total. The summed E-state index contributed by atoms with van der Waals surface area (Å²) in [6.45, 7) is 2.19. The normalized spacial score (nSPS) is 23.3. The van der Waals surface area contributed by atoms with Gasteiger partial charge in [-0.05, 0) is 43.0 Å². The van der Waals surface area contributed by atoms with Crippen molar-refractivity contribution in [2.45, 2.75) is 43.5 Å². The summed E-state index contributed by atoms with van der Waals surface area (Å²) in [4.78, 5) is 12.1. The third-order valence-corrected chi connectivity index (χ3v) is 4.65. The van der Waals surface area contributed by atoms with Crippen molar-refractivity contribution in [1.82, 2.24) is 5.32 Å². The molecule has 2 atom stereocenters. The van der Waals surface area contributed by atoms with Crippen LogP contribution in [0.3, 0.4) is 0 Å². The van der Waals surface area contributed by atoms with E-state index in [-0.39, 0.29) is 16.8 Å². The summed E-state index contributed by atoms with van der Waals surface area (Å²) in [5, 5.41) is 8.02. The second-order valence-corrected chi connectivity index (χ2v) is 7.07. The van der Waals surface area contributed by atoms with Crippen LogP contribution in [0.15, 0.2) is 29.2 Å². The summed E-state index contributed by atoms with van der Waals surface area (Å²) in [6.07, 6.45) is 4.36. The molecule has 1 amide bonds. The summed E-state index contributed by atoms with van der Waals surface area (Å²) >= 11 is 0. The number of benzene rings is 1. The number of amides is 1. The molecule has 1 aromatic rings. The molecule has 1 aromatic carbocycles. The average molecular weight is 296 g/mol. The minimum absolute atomic E-state index is 0.0142. The Balaban J connectivity index is 2.02. The maximum atomic E-state index is 12.1. The molecule has 1 aliphatic rings. The topological polar surface area (TPSA) is 89.3 Å². The van der Waals surface area contributed by atoms with Crippen LogP contribution in [0.25, 0.3) is 0 Å². The van der Waals surface area contributed by atoms with E-state index in [9.17, 15) is 13.2 Å². The molecule has 0 saturated heterocycles. The maximum absolute atomic E-state index is 12.1. The Kier molecular flexibility index (Phi) is 4.45. The lowest BCUT2D eigenvalue weighted by atomic mass is 9.87. The summed E-state index contributed by atoms with van der Waals surface area (Å²) in [5.74, 6) is 0.476. The molecule has 0 aliphatic heterocycles. The molecule has 0 aromatic heterocycles. The van der Waals surface area contributed by atoms with Gasteiger partial charge in [-0.1, -0.05) is 19.8 Å². The third-order valence-electron chi connectivity index (χ3n) is 3.72. The number of rotatable bonds is 3. The highest BCUT2D eigenvalue weighted by Gasteiger charge is 2.21. The number of nitrogens with two attached hydrogens (primary N) is 1. The maximum Gasteiger partial charge on any atom is 0.251 e. The van der Waals surface area contributed by atoms with Gasteiger partial charge in [0.05, 0.1) is 4.90 Å². The van der Waals surface area contributed by atoms with Crippen molar-refractivity contribution in [3.8, 4) is 0 Å². The van der Waals surface area contributed by atoms with E-state index in [1.807, 2.05) is 0 Å². The lowest BCUT2D eigenvalue weighted by molar-refractivity contribution is 0.0921. The molecule has 0 radical (unpaired) electrons. The first kappa shape index (κ1) is 15.0. The van der Waals surface area contributed by atoms with Crippen LogP contribution in [0.2, 0.25) is 0 Å². The summed E-state index contributed by atoms with van der Waals surface area (Å²) in [6, 6.07) is 5.90. The van der Waals surface area contributed by atoms with Crippen molar-refractivity contribution in [3.63, 3.8) is 0 Å². The highest BCUT2D eigenvalue weighted by atomic mass is 32.2. The highest BCUT2D eigenvalue weighted by molar-refractivity contribution is 7.89. The average Bonchev–Trinajstić information content (AvgIpc) is 2.38. The number of carbonyl (C=O) groups is 1. The van der Waals surface area contributed by atoms with Crippen LogP contribution in [0.5, 0.6) is 0 Å². The smallest absolute Gasteiger partial charge is 0.251 e. The molecule has 1 saturated carbocycles. The van der Waals surface area contributed by atoms with Crippen molar-refractivity contribution < 1.29 is 13.2 Å². The van der Waals surface area contributed by atoms with Crippen molar-refractivity contribution in [2.24, 2.45) is 11.1 Å². The van der Waals surface area contributed by atoms with E-state index in [1.165, 1.54) is 30.7 Å². The van der Waals surface area contributed by atoms with Crippen LogP contribution in [-0.4, -0.2) is 20.4 Å². The van der Waals surface area contributed by atoms with Crippen molar-refractivity contribution in [3.05, 3.63) is 29.8 Å². The van der Waals surface area contributed by atoms with Gasteiger partial charge in [-0.15, -0.1) is 0 Å². The van der Waals surface area contributed by atoms with E-state index in [0.717, 1.165) is 19.3 Å². The molecule has 2 unspecified atom stereocenters. The van der Waals surface area contributed by atoms with Gasteiger partial charge >= 0.3 is 0 Å². The van der Waals surface area contributed by atoms with Crippen molar-refractivity contribution >= 4 is 15.9 Å². The number of hydrogen-bond donors (Lipinski definition) is 2. The Morgan fingerprint density at radius 1 is 1.25 bits per heavy atom. The van der Waals surface area contributed by atoms with Gasteiger partial charge in [-0.25, -0.2) is 13.6 Å². The van der Waals surface area contributed by atoms with Gasteiger partial charge < -0.3 is 5.32 Å². The number of sulfonamides is 1. The SMILES string of the molecule is CC1CCCC(NC(=O)c2ccc(S(N)(=O)=O)cc2)C1. The summed E-state index contributed by atoms with van der Waals surface area (Å²) < 4.78 is 22.3. The fourth-order valence-corrected chi connectivity index (χ4v) is 3.15. The quantitative estimate of drug-likeness (QED) is 0.888. The molecule has 6 heteroatoms. The first-order valence-corrected chi connectivity index (χ1v) is 8.34. The molecular weight excluding hydrogens is 276 g/mol. The largest absolute Gasteiger partial charge is 0.349 e. The minimum Gasteiger partial charge on any atom is -0.349 e. The molecule has 5 nitrogen and oxygen atoms in total. The highest BCUT2D eigenvalue weighted by Crippen LogP contribution is 2.23. The van der Waals surface area contributed by atoms with E-state index in [2.05, 4.69) is 12.2 Å². The monoisotopic (exact) mass is 296 g/mol. The zero-order valence-electron chi connectivity index (χ0n) is 11.5. The van der Waals surface area contributed by atoms with Gasteiger partial charge in [-0.2, -0.15) is 0 Å². The van der Waals surface area contributed by atoms with Gasteiger partial charge in [0.1, 0.15) is 0 Å². The predicted molar refractivity (Wildman–Crippen MR) is 76.7 cm³/mol. The second-order valence-electron chi connectivity index (χ2n) is 5.51. The van der Waals surface area contributed by atoms with Gasteiger partial charge in [0.15, 0.2) is 0 Å². The molecule has 110 valence electrons. The Morgan fingerprint density at radius 3 is 2.45 bits per heavy atom. The Morgan fingerprint density at radius 2 is 1.90 bits per heavy atom. The van der Waals surface area contributed by atoms with Crippen LogP contribution in [0.4, 0.5) is 0 Å². The standard InChI is InChI=1S/C14H20N2O3S/c1-10-3-2-4-12(9-10)16-14(17)11-5-7-13(8-6-11)20(15,18)19/h5-8,10,12H,2-4,9H2,1H3,(H,16,17)(H2,15,18,19). The number of hydrogen-bond acceptors (Lipinski definition) is 3. The predicted octanol–water partition coefficient (Wildman–Crippen LogP) is 1.64. The molecule has 0 bridgehead atoms. The summed E-state index contributed by atoms with van der Waals surface area (Å²) in [5.41, 5.74) is 0.454. The molecule has 1 fully saturated rings. The Labute approximate surface area is 119 Å². The zero-order chi connectivity index (χ0) is 14.8. The van der Waals surface area contributed by atoms with E-state index in [4.69, 9.17) is 5.14 Å². The lowest BCUT2D eigenvalue weighted by Crippen LogP contribution is -2.37. The second kappa shape index (κ2) is 5.93. The van der Waals surface area contributed by atoms with Crippen LogP contribution >= 0.6 is 0 Å². The Bertz CT molecular complexity index is 581. The van der Waals surface area contributed by atoms with Gasteiger partial charge in [0.2, 0.25) is 10.0 Å². The van der Waals surface area contributed by atoms with E-state index >= 15 is 0 Å². The molecule has 0 spiro atoms. The number of primary sulfonamides is 1. The summed E-state index contributed by atoms with van der Waals surface area (Å²) in [7, 11) is -3.71. The molecular formula is C14H20N2O3S. The lowest BCUT2D eigenvalue weighted by Gasteiger charge is -2.27. The van der Waals surface area contributed by atoms with Crippen LogP contribution in [-0.2, 0) is 10.0 Å². The van der Waals surface area contributed by atoms with Crippen LogP contribution < -0.4 is 10.5 Å². The first-order chi connectivity index (χ1) is 9.36. The fourth-order valence-electron chi connectivity index (χ4n) is 2.63. The van der Waals surface area contributed by atoms with Gasteiger partial charge in [-0.3, -0.25) is 4.79 Å². The van der Waals surface area contributed by atoms with E-state index in [0.29, 0.717) is 11.5 Å². The fraction of sp³-hybridized carbons (Fsp3) is 0.500. The van der Waals surface area contributed by atoms with Crippen LogP contribution in [0.1, 0.15) is 43.0 Å². The van der Waals surface area contributed by atoms with E-state index in [1.54, 1.807) is 0 Å². The molecule has 1 aliphatic carbocycles. The number of carbonyl (C=O) groups excluding carboxylic acids is 1. The number of nitrogens with one attached hydrogen (secondary N) is 1. The zero-order valence-corrected chi connectivity index (χ0v) is 12.3. The van der Waals surface area contributed by atoms with Gasteiger partial charge in [0, 0.05) is 11.6 Å². The molecule has 20 heavy (non-hydrogen) atoms. The van der Waals surface area contributed by atoms with Crippen LogP contribution in [0, 0.1) is 5.92 Å². The van der Waals surface area contributed by atoms with E-state index < -0.39 is 10.0 Å². The third kappa shape index (κ3) is 3.80. The molecule has 0 heterocycles. The van der Waals surface area contributed by atoms with Crippen molar-refractivity contribution in [1.29, 1.82) is 0 Å². The minimum atomic E-state index is -3.71. The first-order valence-electron chi connectivity index (χ1n) is 6.80. The Hall–Kier alpha value is -1.40. The van der Waals surface area contributed by atoms with Gasteiger partial charge in [0.25, 0.3) is 5.91 Å². The molecule has 2 rings (SSSR count).